The van der Waals surface area contributed by atoms with E-state index in [1.165, 1.54) is 19.2 Å². The van der Waals surface area contributed by atoms with E-state index in [9.17, 15) is 19.8 Å². The quantitative estimate of drug-likeness (QED) is 0.626. The van der Waals surface area contributed by atoms with Gasteiger partial charge >= 0.3 is 5.69 Å². The number of aromatic amines is 1. The van der Waals surface area contributed by atoms with Crippen molar-refractivity contribution in [1.29, 1.82) is 0 Å². The molecule has 0 unspecified atom stereocenters. The van der Waals surface area contributed by atoms with Gasteiger partial charge in [-0.05, 0) is 13.8 Å². The van der Waals surface area contributed by atoms with Gasteiger partial charge in [0.15, 0.2) is 6.23 Å². The minimum absolute atomic E-state index is 0.209. The summed E-state index contributed by atoms with van der Waals surface area (Å²) in [5.41, 5.74) is -2.45. The standard InChI is InChI=1S/C11H16N2O5/c1-6(14)7-5-11(2,17)9(18-7)13-4-3-8(15)12-10(13)16/h3-4,6-7,9,14,17H,5H2,1-2H3,(H,12,15,16)/t6-,7+,9-,11-/m1/s1. The maximum absolute atomic E-state index is 11.6. The maximum atomic E-state index is 11.6. The Balaban J connectivity index is 2.38. The molecule has 3 N–H and O–H groups in total. The number of H-pyrrole nitrogens is 1. The van der Waals surface area contributed by atoms with E-state index in [-0.39, 0.29) is 6.42 Å². The van der Waals surface area contributed by atoms with E-state index in [2.05, 4.69) is 4.98 Å². The maximum Gasteiger partial charge on any atom is 0.330 e. The van der Waals surface area contributed by atoms with Crippen LogP contribution < -0.4 is 11.2 Å². The van der Waals surface area contributed by atoms with E-state index in [0.29, 0.717) is 0 Å². The normalized spacial score (nSPS) is 33.6. The zero-order valence-corrected chi connectivity index (χ0v) is 10.2. The molecule has 18 heavy (non-hydrogen) atoms. The van der Waals surface area contributed by atoms with Gasteiger partial charge in [0.25, 0.3) is 5.56 Å². The van der Waals surface area contributed by atoms with Gasteiger partial charge in [0, 0.05) is 18.7 Å². The molecule has 100 valence electrons. The molecular formula is C11H16N2O5. The predicted molar refractivity (Wildman–Crippen MR) is 62.2 cm³/mol. The SMILES string of the molecule is C[C@@H](O)[C@@H]1C[C@@](C)(O)[C@H](n2ccc(=O)[nH]c2=O)O1. The van der Waals surface area contributed by atoms with Gasteiger partial charge in [-0.15, -0.1) is 0 Å². The van der Waals surface area contributed by atoms with Crippen LogP contribution in [0.1, 0.15) is 26.5 Å². The highest BCUT2D eigenvalue weighted by atomic mass is 16.5. The number of aliphatic hydroxyl groups excluding tert-OH is 1. The number of nitrogens with zero attached hydrogens (tertiary/aromatic N) is 1. The third kappa shape index (κ3) is 2.24. The summed E-state index contributed by atoms with van der Waals surface area (Å²) in [7, 11) is 0. The summed E-state index contributed by atoms with van der Waals surface area (Å²) in [5, 5.41) is 19.7. The number of ether oxygens (including phenoxy) is 1. The second-order valence-electron chi connectivity index (χ2n) is 4.85. The van der Waals surface area contributed by atoms with E-state index >= 15 is 0 Å². The third-order valence-electron chi connectivity index (χ3n) is 3.09. The molecule has 0 amide bonds. The average molecular weight is 256 g/mol. The Morgan fingerprint density at radius 1 is 1.61 bits per heavy atom. The van der Waals surface area contributed by atoms with Crippen LogP contribution in [0.5, 0.6) is 0 Å². The van der Waals surface area contributed by atoms with Gasteiger partial charge in [0.05, 0.1) is 12.2 Å². The summed E-state index contributed by atoms with van der Waals surface area (Å²) in [6.45, 7) is 3.08. The van der Waals surface area contributed by atoms with Crippen LogP contribution in [0.3, 0.4) is 0 Å². The Hall–Kier alpha value is -1.44. The van der Waals surface area contributed by atoms with Gasteiger partial charge < -0.3 is 14.9 Å². The highest BCUT2D eigenvalue weighted by Gasteiger charge is 2.46. The molecule has 0 bridgehead atoms. The summed E-state index contributed by atoms with van der Waals surface area (Å²) in [4.78, 5) is 24.7. The summed E-state index contributed by atoms with van der Waals surface area (Å²) in [5.74, 6) is 0. The Morgan fingerprint density at radius 3 is 2.78 bits per heavy atom. The van der Waals surface area contributed by atoms with Crippen molar-refractivity contribution in [1.82, 2.24) is 9.55 Å². The Kier molecular flexibility index (Phi) is 3.14. The lowest BCUT2D eigenvalue weighted by molar-refractivity contribution is -0.100. The van der Waals surface area contributed by atoms with Crippen molar-refractivity contribution < 1.29 is 14.9 Å². The van der Waals surface area contributed by atoms with E-state index in [1.54, 1.807) is 6.92 Å². The fraction of sp³-hybridized carbons (Fsp3) is 0.636. The van der Waals surface area contributed by atoms with E-state index in [4.69, 9.17) is 4.74 Å². The first-order valence-electron chi connectivity index (χ1n) is 5.68. The largest absolute Gasteiger partial charge is 0.391 e. The summed E-state index contributed by atoms with van der Waals surface area (Å²) in [6, 6.07) is 1.18. The molecule has 2 rings (SSSR count). The molecule has 0 aliphatic carbocycles. The average Bonchev–Trinajstić information content (AvgIpc) is 2.55. The molecule has 1 aliphatic heterocycles. The molecular weight excluding hydrogens is 240 g/mol. The number of hydrogen-bond acceptors (Lipinski definition) is 5. The molecule has 1 aromatic rings. The minimum atomic E-state index is -1.29. The van der Waals surface area contributed by atoms with Gasteiger partial charge in [-0.1, -0.05) is 0 Å². The lowest BCUT2D eigenvalue weighted by Crippen LogP contribution is -2.40. The molecule has 1 fully saturated rings. The number of rotatable bonds is 2. The number of nitrogens with one attached hydrogen (secondary N) is 1. The van der Waals surface area contributed by atoms with Crippen molar-refractivity contribution >= 4 is 0 Å². The highest BCUT2D eigenvalue weighted by Crippen LogP contribution is 2.37. The summed E-state index contributed by atoms with van der Waals surface area (Å²) >= 11 is 0. The van der Waals surface area contributed by atoms with Crippen LogP contribution in [0.25, 0.3) is 0 Å². The van der Waals surface area contributed by atoms with E-state index in [0.717, 1.165) is 4.57 Å². The second kappa shape index (κ2) is 4.34. The molecule has 1 aliphatic rings. The first kappa shape index (κ1) is 13.0. The van der Waals surface area contributed by atoms with Crippen LogP contribution in [-0.2, 0) is 4.74 Å². The molecule has 7 nitrogen and oxygen atoms in total. The third-order valence-corrected chi connectivity index (χ3v) is 3.09. The van der Waals surface area contributed by atoms with Crippen molar-refractivity contribution in [2.24, 2.45) is 0 Å². The molecule has 7 heteroatoms. The van der Waals surface area contributed by atoms with Crippen LogP contribution in [-0.4, -0.2) is 37.6 Å². The van der Waals surface area contributed by atoms with Crippen molar-refractivity contribution in [2.75, 3.05) is 0 Å². The molecule has 0 aromatic carbocycles. The monoisotopic (exact) mass is 256 g/mol. The van der Waals surface area contributed by atoms with Crippen LogP contribution in [0.15, 0.2) is 21.9 Å². The minimum Gasteiger partial charge on any atom is -0.391 e. The molecule has 2 heterocycles. The first-order chi connectivity index (χ1) is 8.31. The number of aliphatic hydroxyl groups is 2. The Morgan fingerprint density at radius 2 is 2.28 bits per heavy atom. The molecule has 1 aromatic heterocycles. The number of hydrogen-bond donors (Lipinski definition) is 3. The van der Waals surface area contributed by atoms with Crippen molar-refractivity contribution in [3.05, 3.63) is 33.1 Å². The van der Waals surface area contributed by atoms with E-state index < -0.39 is 35.3 Å². The second-order valence-corrected chi connectivity index (χ2v) is 4.85. The van der Waals surface area contributed by atoms with Crippen LogP contribution in [0, 0.1) is 0 Å². The zero-order chi connectivity index (χ0) is 13.5. The Labute approximate surface area is 103 Å². The summed E-state index contributed by atoms with van der Waals surface area (Å²) in [6.07, 6.45) is -0.753. The molecule has 4 atom stereocenters. The fourth-order valence-corrected chi connectivity index (χ4v) is 2.13. The molecule has 0 spiro atoms. The van der Waals surface area contributed by atoms with Gasteiger partial charge in [0.2, 0.25) is 0 Å². The highest BCUT2D eigenvalue weighted by molar-refractivity contribution is 4.95. The predicted octanol–water partition coefficient (Wildman–Crippen LogP) is -1.04. The number of aromatic nitrogens is 2. The smallest absolute Gasteiger partial charge is 0.330 e. The molecule has 0 radical (unpaired) electrons. The van der Waals surface area contributed by atoms with Gasteiger partial charge in [-0.3, -0.25) is 14.3 Å². The van der Waals surface area contributed by atoms with Gasteiger partial charge in [-0.25, -0.2) is 4.79 Å². The van der Waals surface area contributed by atoms with Crippen molar-refractivity contribution in [3.63, 3.8) is 0 Å². The lowest BCUT2D eigenvalue weighted by atomic mass is 9.98. The Bertz CT molecular complexity index is 545. The van der Waals surface area contributed by atoms with Crippen molar-refractivity contribution in [2.45, 2.75) is 44.3 Å². The zero-order valence-electron chi connectivity index (χ0n) is 10.2. The van der Waals surface area contributed by atoms with Crippen LogP contribution in [0.4, 0.5) is 0 Å². The first-order valence-corrected chi connectivity index (χ1v) is 5.68. The van der Waals surface area contributed by atoms with E-state index in [1.807, 2.05) is 0 Å². The lowest BCUT2D eigenvalue weighted by Gasteiger charge is -2.24. The topological polar surface area (TPSA) is 105 Å². The van der Waals surface area contributed by atoms with Crippen LogP contribution >= 0.6 is 0 Å². The van der Waals surface area contributed by atoms with Crippen LogP contribution in [0.2, 0.25) is 0 Å². The van der Waals surface area contributed by atoms with Gasteiger partial charge in [0.1, 0.15) is 5.60 Å². The molecule has 0 saturated carbocycles. The van der Waals surface area contributed by atoms with Crippen molar-refractivity contribution in [3.8, 4) is 0 Å². The van der Waals surface area contributed by atoms with Gasteiger partial charge in [-0.2, -0.15) is 0 Å². The molecule has 1 saturated heterocycles. The summed E-state index contributed by atoms with van der Waals surface area (Å²) < 4.78 is 6.60. The fourth-order valence-electron chi connectivity index (χ4n) is 2.13.